The van der Waals surface area contributed by atoms with E-state index in [2.05, 4.69) is 19.9 Å². The number of hydrogen-bond donors (Lipinski definition) is 2. The van der Waals surface area contributed by atoms with Gasteiger partial charge in [0.2, 0.25) is 5.28 Å². The number of guanidine groups is 1. The fourth-order valence-corrected chi connectivity index (χ4v) is 4.34. The molecule has 13 heteroatoms. The number of hydrogen-bond acceptors (Lipinski definition) is 8. The van der Waals surface area contributed by atoms with Crippen LogP contribution in [0.3, 0.4) is 0 Å². The first kappa shape index (κ1) is 22.5. The van der Waals surface area contributed by atoms with Crippen molar-refractivity contribution < 1.29 is 18.3 Å². The van der Waals surface area contributed by atoms with Crippen LogP contribution in [0.25, 0.3) is 11.2 Å². The second-order valence-corrected chi connectivity index (χ2v) is 8.66. The fourth-order valence-electron chi connectivity index (χ4n) is 2.37. The highest BCUT2D eigenvalue weighted by Gasteiger charge is 2.28. The van der Waals surface area contributed by atoms with Crippen LogP contribution in [0.4, 0.5) is 5.82 Å². The third kappa shape index (κ3) is 6.39. The van der Waals surface area contributed by atoms with Crippen LogP contribution in [0.5, 0.6) is 0 Å². The van der Waals surface area contributed by atoms with E-state index in [4.69, 9.17) is 36.9 Å². The van der Waals surface area contributed by atoms with E-state index >= 15 is 0 Å². The summed E-state index contributed by atoms with van der Waals surface area (Å²) in [5.74, 6) is 0.0297. The molecule has 0 aromatic carbocycles. The van der Waals surface area contributed by atoms with Gasteiger partial charge in [0, 0.05) is 6.54 Å². The summed E-state index contributed by atoms with van der Waals surface area (Å²) in [7, 11) is -3.37. The molecular formula is C15H25ClN7O4P. The monoisotopic (exact) mass is 433 g/mol. The molecule has 2 rings (SSSR count). The molecule has 4 N–H and O–H groups in total. The van der Waals surface area contributed by atoms with Crippen molar-refractivity contribution >= 4 is 42.1 Å². The molecule has 0 aliphatic heterocycles. The number of imidazole rings is 1. The molecule has 0 fully saturated rings. The highest BCUT2D eigenvalue weighted by atomic mass is 35.5. The number of nitrogens with zero attached hydrogens (tertiary/aromatic N) is 5. The summed E-state index contributed by atoms with van der Waals surface area (Å²) in [5.41, 5.74) is 11.7. The molecule has 28 heavy (non-hydrogen) atoms. The van der Waals surface area contributed by atoms with Crippen molar-refractivity contribution in [2.45, 2.75) is 46.4 Å². The van der Waals surface area contributed by atoms with Crippen molar-refractivity contribution in [3.05, 3.63) is 11.6 Å². The second-order valence-electron chi connectivity index (χ2n) is 6.42. The van der Waals surface area contributed by atoms with Gasteiger partial charge in [0.25, 0.3) is 0 Å². The summed E-state index contributed by atoms with van der Waals surface area (Å²) < 4.78 is 30.9. The van der Waals surface area contributed by atoms with E-state index < -0.39 is 7.60 Å². The van der Waals surface area contributed by atoms with Crippen molar-refractivity contribution in [1.82, 2.24) is 19.5 Å². The van der Waals surface area contributed by atoms with Gasteiger partial charge >= 0.3 is 7.60 Å². The average molecular weight is 434 g/mol. The van der Waals surface area contributed by atoms with Crippen LogP contribution in [0.2, 0.25) is 5.28 Å². The molecule has 2 aromatic rings. The Morgan fingerprint density at radius 2 is 1.89 bits per heavy atom. The molecular weight excluding hydrogens is 409 g/mol. The Bertz CT molecular complexity index is 869. The van der Waals surface area contributed by atoms with E-state index in [0.717, 1.165) is 0 Å². The van der Waals surface area contributed by atoms with E-state index in [1.54, 1.807) is 38.6 Å². The number of halogens is 1. The number of nitrogens with two attached hydrogens (primary N) is 2. The van der Waals surface area contributed by atoms with Crippen molar-refractivity contribution in [1.29, 1.82) is 0 Å². The summed E-state index contributed by atoms with van der Waals surface area (Å²) >= 11 is 5.87. The van der Waals surface area contributed by atoms with E-state index in [1.807, 2.05) is 0 Å². The molecule has 0 radical (unpaired) electrons. The zero-order valence-electron chi connectivity index (χ0n) is 16.2. The predicted octanol–water partition coefficient (Wildman–Crippen LogP) is 2.40. The maximum Gasteiger partial charge on any atom is 0.356 e. The Balaban J connectivity index is 2.09. The Morgan fingerprint density at radius 1 is 1.25 bits per heavy atom. The second kappa shape index (κ2) is 9.62. The number of aliphatic imine (C=N–C) groups is 1. The van der Waals surface area contributed by atoms with Crippen LogP contribution in [0, 0.1) is 0 Å². The molecule has 2 aromatic heterocycles. The first-order chi connectivity index (χ1) is 13.1. The smallest absolute Gasteiger partial charge is 0.356 e. The van der Waals surface area contributed by atoms with Crippen LogP contribution in [0.1, 0.15) is 27.7 Å². The van der Waals surface area contributed by atoms with Gasteiger partial charge in [-0.1, -0.05) is 0 Å². The van der Waals surface area contributed by atoms with Gasteiger partial charge in [0.1, 0.15) is 11.9 Å². The average Bonchev–Trinajstić information content (AvgIpc) is 2.92. The van der Waals surface area contributed by atoms with Gasteiger partial charge in [0.15, 0.2) is 17.4 Å². The molecule has 0 spiro atoms. The van der Waals surface area contributed by atoms with Crippen molar-refractivity contribution in [3.63, 3.8) is 0 Å². The lowest BCUT2D eigenvalue weighted by Gasteiger charge is -2.22. The fraction of sp³-hybridized carbons (Fsp3) is 0.600. The Labute approximate surface area is 168 Å². The molecule has 11 nitrogen and oxygen atoms in total. The summed E-state index contributed by atoms with van der Waals surface area (Å²) in [4.78, 5) is 16.2. The van der Waals surface area contributed by atoms with Crippen molar-refractivity contribution in [3.8, 4) is 0 Å². The first-order valence-corrected chi connectivity index (χ1v) is 10.7. The topological polar surface area (TPSA) is 153 Å². The molecule has 0 amide bonds. The Morgan fingerprint density at radius 3 is 2.46 bits per heavy atom. The molecule has 156 valence electrons. The van der Waals surface area contributed by atoms with E-state index in [9.17, 15) is 4.57 Å². The number of ether oxygens (including phenoxy) is 1. The third-order valence-corrected chi connectivity index (χ3v) is 5.28. The van der Waals surface area contributed by atoms with Crippen LogP contribution < -0.4 is 11.5 Å². The molecule has 0 bridgehead atoms. The number of fused-ring (bicyclic) bond motifs is 1. The summed E-state index contributed by atoms with van der Waals surface area (Å²) in [6, 6.07) is 0. The Kier molecular flexibility index (Phi) is 7.73. The SMILES string of the molecule is CC(C)OP(=O)(COCCn1cnc2nc(Cl)nc(N=C(N)N)c21)OC(C)C. The molecule has 0 unspecified atom stereocenters. The normalized spacial score (nSPS) is 12.2. The van der Waals surface area contributed by atoms with Gasteiger partial charge < -0.3 is 29.8 Å². The zero-order valence-corrected chi connectivity index (χ0v) is 17.9. The highest BCUT2D eigenvalue weighted by molar-refractivity contribution is 7.53. The molecule has 0 saturated heterocycles. The summed E-state index contributed by atoms with van der Waals surface area (Å²) in [6.45, 7) is 7.70. The first-order valence-electron chi connectivity index (χ1n) is 8.61. The maximum absolute atomic E-state index is 12.8. The van der Waals surface area contributed by atoms with Crippen LogP contribution in [0.15, 0.2) is 11.3 Å². The molecule has 2 heterocycles. The molecule has 0 aliphatic carbocycles. The quantitative estimate of drug-likeness (QED) is 0.189. The highest BCUT2D eigenvalue weighted by Crippen LogP contribution is 2.50. The van der Waals surface area contributed by atoms with E-state index in [1.165, 1.54) is 0 Å². The van der Waals surface area contributed by atoms with Gasteiger partial charge in [-0.3, -0.25) is 4.57 Å². The zero-order chi connectivity index (χ0) is 20.9. The summed E-state index contributed by atoms with van der Waals surface area (Å²) in [5, 5.41) is -0.0217. The maximum atomic E-state index is 12.8. The molecule has 0 atom stereocenters. The third-order valence-electron chi connectivity index (χ3n) is 3.13. The number of aromatic nitrogens is 4. The minimum absolute atomic E-state index is 0.0217. The van der Waals surface area contributed by atoms with Crippen molar-refractivity contribution in [2.24, 2.45) is 16.5 Å². The molecule has 0 aliphatic rings. The predicted molar refractivity (Wildman–Crippen MR) is 107 cm³/mol. The number of rotatable bonds is 10. The lowest BCUT2D eigenvalue weighted by Crippen LogP contribution is -2.22. The lowest BCUT2D eigenvalue weighted by molar-refractivity contribution is 0.0961. The van der Waals surface area contributed by atoms with E-state index in [-0.39, 0.29) is 42.2 Å². The minimum atomic E-state index is -3.37. The molecule has 0 saturated carbocycles. The largest absolute Gasteiger partial charge is 0.370 e. The van der Waals surface area contributed by atoms with Crippen LogP contribution in [-0.2, 0) is 24.9 Å². The lowest BCUT2D eigenvalue weighted by atomic mass is 10.4. The van der Waals surface area contributed by atoms with E-state index in [0.29, 0.717) is 17.7 Å². The van der Waals surface area contributed by atoms with Crippen LogP contribution >= 0.6 is 19.2 Å². The van der Waals surface area contributed by atoms with Gasteiger partial charge in [0.05, 0.1) is 25.1 Å². The van der Waals surface area contributed by atoms with Crippen molar-refractivity contribution in [2.75, 3.05) is 13.0 Å². The Hall–Kier alpha value is -1.78. The van der Waals surface area contributed by atoms with Gasteiger partial charge in [-0.2, -0.15) is 15.0 Å². The van der Waals surface area contributed by atoms with Gasteiger partial charge in [-0.15, -0.1) is 0 Å². The van der Waals surface area contributed by atoms with Gasteiger partial charge in [-0.25, -0.2) is 4.98 Å². The van der Waals surface area contributed by atoms with Crippen LogP contribution in [-0.4, -0.2) is 50.6 Å². The minimum Gasteiger partial charge on any atom is -0.370 e. The van der Waals surface area contributed by atoms with Gasteiger partial charge in [-0.05, 0) is 39.3 Å². The summed E-state index contributed by atoms with van der Waals surface area (Å²) in [6.07, 6.45) is 0.864. The standard InChI is InChI=1S/C15H25ClN7O4P/c1-9(2)26-28(24,27-10(3)4)8-25-6-5-23-7-19-12-11(23)13(22-15(17)18)21-14(16)20-12/h7,9-10H,5-6,8H2,1-4H3,(H4,17,18,20,21,22).